The molecule has 0 aromatic rings. The van der Waals surface area contributed by atoms with E-state index in [0.717, 1.165) is 6.16 Å². The molecule has 0 bridgehead atoms. The summed E-state index contributed by atoms with van der Waals surface area (Å²) in [7, 11) is -1.16. The van der Waals surface area contributed by atoms with E-state index in [1.165, 1.54) is 0 Å². The van der Waals surface area contributed by atoms with E-state index in [1.807, 2.05) is 13.8 Å². The normalized spacial score (nSPS) is 14.7. The Morgan fingerprint density at radius 1 is 1.30 bits per heavy atom. The first-order chi connectivity index (χ1) is 4.52. The number of hydrogen-bond donors (Lipinski definition) is 1. The molecule has 0 saturated carbocycles. The van der Waals surface area contributed by atoms with E-state index in [0.29, 0.717) is 5.92 Å². The van der Waals surface area contributed by atoms with Crippen molar-refractivity contribution >= 4 is 8.38 Å². The zero-order chi connectivity index (χ0) is 8.15. The molecule has 0 saturated heterocycles. The van der Waals surface area contributed by atoms with Gasteiger partial charge in [0.1, 0.15) is 0 Å². The molecule has 0 aromatic carbocycles. The summed E-state index contributed by atoms with van der Waals surface area (Å²) in [6.45, 7) is 8.03. The maximum Gasteiger partial charge on any atom is 0.168 e. The van der Waals surface area contributed by atoms with Crippen LogP contribution in [0, 0.1) is 5.92 Å². The molecule has 1 atom stereocenters. The van der Waals surface area contributed by atoms with Crippen LogP contribution in [-0.4, -0.2) is 17.2 Å². The molecule has 0 spiro atoms. The molecule has 0 amide bonds. The lowest BCUT2D eigenvalue weighted by Crippen LogP contribution is -2.02. The summed E-state index contributed by atoms with van der Waals surface area (Å²) in [4.78, 5) is 9.23. The number of hydrogen-bond acceptors (Lipinski definition) is 2. The van der Waals surface area contributed by atoms with Gasteiger partial charge in [-0.3, -0.25) is 0 Å². The average Bonchev–Trinajstić information content (AvgIpc) is 1.58. The molecule has 62 valence electrons. The lowest BCUT2D eigenvalue weighted by molar-refractivity contribution is 0.239. The quantitative estimate of drug-likeness (QED) is 0.646. The van der Waals surface area contributed by atoms with E-state index in [9.17, 15) is 4.89 Å². The zero-order valence-electron chi connectivity index (χ0n) is 7.16. The summed E-state index contributed by atoms with van der Waals surface area (Å²) < 4.78 is 5.18. The Labute approximate surface area is 64.5 Å². The van der Waals surface area contributed by atoms with Crippen molar-refractivity contribution in [2.24, 2.45) is 5.92 Å². The second kappa shape index (κ2) is 5.06. The van der Waals surface area contributed by atoms with Crippen molar-refractivity contribution in [3.8, 4) is 0 Å². The summed E-state index contributed by atoms with van der Waals surface area (Å²) in [5, 5.41) is 0. The van der Waals surface area contributed by atoms with Gasteiger partial charge in [-0.05, 0) is 19.8 Å². The molecular formula is C7H17O2P. The molecule has 0 fully saturated rings. The second-order valence-corrected chi connectivity index (χ2v) is 4.36. The Balaban J connectivity index is 3.34. The van der Waals surface area contributed by atoms with E-state index >= 15 is 0 Å². The third kappa shape index (κ3) is 6.47. The largest absolute Gasteiger partial charge is 0.350 e. The highest BCUT2D eigenvalue weighted by molar-refractivity contribution is 7.46. The Kier molecular flexibility index (Phi) is 5.24. The van der Waals surface area contributed by atoms with Crippen molar-refractivity contribution < 1.29 is 9.42 Å². The summed E-state index contributed by atoms with van der Waals surface area (Å²) in [5.41, 5.74) is 0. The topological polar surface area (TPSA) is 29.5 Å². The van der Waals surface area contributed by atoms with Crippen LogP contribution in [-0.2, 0) is 4.52 Å². The smallest absolute Gasteiger partial charge is 0.168 e. The first-order valence-electron chi connectivity index (χ1n) is 3.65. The standard InChI is InChI=1S/C7H17O2P/c1-6(2)5-10(8)9-7(3)4/h6-8H,5H2,1-4H3. The van der Waals surface area contributed by atoms with E-state index in [-0.39, 0.29) is 6.10 Å². The highest BCUT2D eigenvalue weighted by atomic mass is 31.2. The van der Waals surface area contributed by atoms with Crippen LogP contribution >= 0.6 is 8.38 Å². The van der Waals surface area contributed by atoms with E-state index < -0.39 is 8.38 Å². The van der Waals surface area contributed by atoms with Gasteiger partial charge in [-0.15, -0.1) is 0 Å². The first kappa shape index (κ1) is 10.3. The Hall–Kier alpha value is 0.350. The van der Waals surface area contributed by atoms with Gasteiger partial charge in [0.25, 0.3) is 0 Å². The molecule has 0 heterocycles. The van der Waals surface area contributed by atoms with Gasteiger partial charge < -0.3 is 9.42 Å². The lowest BCUT2D eigenvalue weighted by Gasteiger charge is -2.14. The predicted octanol–water partition coefficient (Wildman–Crippen LogP) is 2.37. The SMILES string of the molecule is CC(C)CP(O)OC(C)C. The molecule has 1 unspecified atom stereocenters. The van der Waals surface area contributed by atoms with Gasteiger partial charge in [0.05, 0.1) is 6.10 Å². The molecule has 1 N–H and O–H groups in total. The molecule has 2 nitrogen and oxygen atoms in total. The zero-order valence-corrected chi connectivity index (χ0v) is 8.06. The van der Waals surface area contributed by atoms with Crippen LogP contribution in [0.25, 0.3) is 0 Å². The Morgan fingerprint density at radius 2 is 1.80 bits per heavy atom. The highest BCUT2D eigenvalue weighted by Gasteiger charge is 2.08. The lowest BCUT2D eigenvalue weighted by atomic mass is 10.3. The maximum atomic E-state index is 9.23. The molecule has 0 radical (unpaired) electrons. The second-order valence-electron chi connectivity index (χ2n) is 3.08. The van der Waals surface area contributed by atoms with Gasteiger partial charge >= 0.3 is 0 Å². The fraction of sp³-hybridized carbons (Fsp3) is 1.00. The van der Waals surface area contributed by atoms with Crippen molar-refractivity contribution in [3.05, 3.63) is 0 Å². The third-order valence-electron chi connectivity index (χ3n) is 0.854. The van der Waals surface area contributed by atoms with Crippen molar-refractivity contribution in [2.45, 2.75) is 33.8 Å². The predicted molar refractivity (Wildman–Crippen MR) is 45.1 cm³/mol. The van der Waals surface area contributed by atoms with Crippen LogP contribution in [0.4, 0.5) is 0 Å². The van der Waals surface area contributed by atoms with Crippen LogP contribution in [0.3, 0.4) is 0 Å². The van der Waals surface area contributed by atoms with Crippen molar-refractivity contribution in [1.29, 1.82) is 0 Å². The van der Waals surface area contributed by atoms with Crippen LogP contribution in [0.15, 0.2) is 0 Å². The fourth-order valence-electron chi connectivity index (χ4n) is 0.599. The first-order valence-corrected chi connectivity index (χ1v) is 5.05. The monoisotopic (exact) mass is 164 g/mol. The van der Waals surface area contributed by atoms with Crippen molar-refractivity contribution in [1.82, 2.24) is 0 Å². The minimum Gasteiger partial charge on any atom is -0.350 e. The minimum absolute atomic E-state index is 0.148. The average molecular weight is 164 g/mol. The highest BCUT2D eigenvalue weighted by Crippen LogP contribution is 2.34. The van der Waals surface area contributed by atoms with Gasteiger partial charge in [-0.25, -0.2) is 0 Å². The van der Waals surface area contributed by atoms with Gasteiger partial charge in [0, 0.05) is 6.16 Å². The van der Waals surface area contributed by atoms with Crippen molar-refractivity contribution in [3.63, 3.8) is 0 Å². The molecule has 10 heavy (non-hydrogen) atoms. The molecule has 3 heteroatoms. The van der Waals surface area contributed by atoms with Gasteiger partial charge in [-0.1, -0.05) is 13.8 Å². The van der Waals surface area contributed by atoms with Crippen molar-refractivity contribution in [2.75, 3.05) is 6.16 Å². The molecule has 0 aromatic heterocycles. The van der Waals surface area contributed by atoms with Gasteiger partial charge in [-0.2, -0.15) is 0 Å². The third-order valence-corrected chi connectivity index (χ3v) is 2.56. The van der Waals surface area contributed by atoms with E-state index in [4.69, 9.17) is 4.52 Å². The van der Waals surface area contributed by atoms with Gasteiger partial charge in [0.2, 0.25) is 0 Å². The summed E-state index contributed by atoms with van der Waals surface area (Å²) in [5.74, 6) is 0.523. The molecule has 0 aliphatic heterocycles. The summed E-state index contributed by atoms with van der Waals surface area (Å²) in [6, 6.07) is 0. The summed E-state index contributed by atoms with van der Waals surface area (Å²) >= 11 is 0. The minimum atomic E-state index is -1.16. The Bertz CT molecular complexity index is 73.7. The number of rotatable bonds is 4. The van der Waals surface area contributed by atoms with Gasteiger partial charge in [0.15, 0.2) is 8.38 Å². The van der Waals surface area contributed by atoms with E-state index in [2.05, 4.69) is 13.8 Å². The molecular weight excluding hydrogens is 147 g/mol. The van der Waals surface area contributed by atoms with E-state index in [1.54, 1.807) is 0 Å². The molecule has 0 rings (SSSR count). The molecule has 0 aliphatic carbocycles. The van der Waals surface area contributed by atoms with Crippen LogP contribution < -0.4 is 0 Å². The van der Waals surface area contributed by atoms with Crippen LogP contribution in [0.1, 0.15) is 27.7 Å². The Morgan fingerprint density at radius 3 is 2.10 bits per heavy atom. The summed E-state index contributed by atoms with van der Waals surface area (Å²) in [6.07, 6.45) is 0.933. The molecule has 0 aliphatic rings. The van der Waals surface area contributed by atoms with Crippen LogP contribution in [0.2, 0.25) is 0 Å². The maximum absolute atomic E-state index is 9.23. The van der Waals surface area contributed by atoms with Crippen LogP contribution in [0.5, 0.6) is 0 Å². The fourth-order valence-corrected chi connectivity index (χ4v) is 1.80.